The Labute approximate surface area is 146 Å². The maximum Gasteiger partial charge on any atom is 0.256 e. The lowest BCUT2D eigenvalue weighted by Gasteiger charge is -2.16. The Kier molecular flexibility index (Phi) is 5.96. The van der Waals surface area contributed by atoms with Gasteiger partial charge in [0.2, 0.25) is 11.8 Å². The van der Waals surface area contributed by atoms with Gasteiger partial charge >= 0.3 is 0 Å². The summed E-state index contributed by atoms with van der Waals surface area (Å²) < 4.78 is 5.88. The zero-order valence-corrected chi connectivity index (χ0v) is 14.5. The van der Waals surface area contributed by atoms with Crippen molar-refractivity contribution in [2.45, 2.75) is 31.8 Å². The van der Waals surface area contributed by atoms with Crippen LogP contribution in [0.1, 0.15) is 36.0 Å². The summed E-state index contributed by atoms with van der Waals surface area (Å²) in [5.41, 5.74) is 0.478. The van der Waals surface area contributed by atoms with Crippen LogP contribution in [-0.4, -0.2) is 58.9 Å². The van der Waals surface area contributed by atoms with Crippen molar-refractivity contribution in [1.82, 2.24) is 15.2 Å². The number of rotatable bonds is 7. The van der Waals surface area contributed by atoms with Crippen LogP contribution in [0, 0.1) is 0 Å². The Balaban J connectivity index is 1.48. The van der Waals surface area contributed by atoms with Gasteiger partial charge in [-0.2, -0.15) is 11.8 Å². The number of likely N-dealkylation sites (tertiary alicyclic amines) is 1. The van der Waals surface area contributed by atoms with Gasteiger partial charge in [0.05, 0.1) is 0 Å². The molecule has 2 aliphatic heterocycles. The van der Waals surface area contributed by atoms with E-state index in [1.165, 1.54) is 0 Å². The highest BCUT2D eigenvalue weighted by Crippen LogP contribution is 2.24. The molecule has 3 rings (SSSR count). The summed E-state index contributed by atoms with van der Waals surface area (Å²) in [6.45, 7) is 2.08. The van der Waals surface area contributed by atoms with Crippen LogP contribution >= 0.6 is 11.8 Å². The number of thioether (sulfide) groups is 1. The van der Waals surface area contributed by atoms with E-state index in [0.29, 0.717) is 31.0 Å². The summed E-state index contributed by atoms with van der Waals surface area (Å²) in [6.07, 6.45) is 5.13. The van der Waals surface area contributed by atoms with Crippen LogP contribution < -0.4 is 10.1 Å². The standard InChI is InChI=1S/C17H23N3O3S/c21-15-5-2-9-20(15)10-3-8-18-16(22)14-4-1-7-19-17(14)23-13-6-11-24-12-13/h1,4,7,13H,2-3,5-6,8-12H2,(H,18,22). The summed E-state index contributed by atoms with van der Waals surface area (Å²) in [4.78, 5) is 30.0. The number of ether oxygens (including phenoxy) is 1. The van der Waals surface area contributed by atoms with Crippen molar-refractivity contribution in [3.8, 4) is 5.88 Å². The number of carbonyl (C=O) groups is 2. The third-order valence-electron chi connectivity index (χ3n) is 4.24. The Morgan fingerprint density at radius 2 is 2.42 bits per heavy atom. The minimum Gasteiger partial charge on any atom is -0.473 e. The van der Waals surface area contributed by atoms with E-state index in [1.54, 1.807) is 18.3 Å². The van der Waals surface area contributed by atoms with Crippen molar-refractivity contribution in [3.05, 3.63) is 23.9 Å². The molecule has 2 fully saturated rings. The van der Waals surface area contributed by atoms with E-state index < -0.39 is 0 Å². The van der Waals surface area contributed by atoms with Gasteiger partial charge in [-0.05, 0) is 37.1 Å². The van der Waals surface area contributed by atoms with Gasteiger partial charge in [-0.25, -0.2) is 4.98 Å². The van der Waals surface area contributed by atoms with Crippen molar-refractivity contribution >= 4 is 23.6 Å². The Morgan fingerprint density at radius 1 is 1.50 bits per heavy atom. The smallest absolute Gasteiger partial charge is 0.256 e. The minimum absolute atomic E-state index is 0.137. The largest absolute Gasteiger partial charge is 0.473 e. The molecule has 0 saturated carbocycles. The molecule has 0 bridgehead atoms. The molecule has 2 saturated heterocycles. The van der Waals surface area contributed by atoms with Gasteiger partial charge < -0.3 is 15.0 Å². The summed E-state index contributed by atoms with van der Waals surface area (Å²) >= 11 is 1.86. The third kappa shape index (κ3) is 4.41. The SMILES string of the molecule is O=C(NCCCN1CCCC1=O)c1cccnc1OC1CCSC1. The molecule has 0 aromatic carbocycles. The predicted octanol–water partition coefficient (Wildman–Crippen LogP) is 1.71. The van der Waals surface area contributed by atoms with E-state index in [4.69, 9.17) is 4.74 Å². The molecule has 1 N–H and O–H groups in total. The maximum atomic E-state index is 12.4. The van der Waals surface area contributed by atoms with E-state index in [0.717, 1.165) is 37.3 Å². The lowest BCUT2D eigenvalue weighted by molar-refractivity contribution is -0.127. The molecule has 7 heteroatoms. The zero-order valence-electron chi connectivity index (χ0n) is 13.7. The molecule has 0 spiro atoms. The molecule has 1 aromatic heterocycles. The average molecular weight is 349 g/mol. The van der Waals surface area contributed by atoms with Gasteiger partial charge in [-0.1, -0.05) is 0 Å². The van der Waals surface area contributed by atoms with Crippen LogP contribution in [0.5, 0.6) is 5.88 Å². The molecule has 24 heavy (non-hydrogen) atoms. The first-order valence-corrected chi connectivity index (χ1v) is 9.65. The highest BCUT2D eigenvalue weighted by Gasteiger charge is 2.22. The molecule has 2 aliphatic rings. The number of hydrogen-bond donors (Lipinski definition) is 1. The molecule has 1 atom stereocenters. The molecule has 3 heterocycles. The fourth-order valence-corrected chi connectivity index (χ4v) is 4.02. The number of amides is 2. The molecule has 130 valence electrons. The third-order valence-corrected chi connectivity index (χ3v) is 5.38. The number of nitrogens with zero attached hydrogens (tertiary/aromatic N) is 2. The summed E-state index contributed by atoms with van der Waals surface area (Å²) in [6, 6.07) is 3.48. The van der Waals surface area contributed by atoms with E-state index in [2.05, 4.69) is 10.3 Å². The highest BCUT2D eigenvalue weighted by molar-refractivity contribution is 7.99. The van der Waals surface area contributed by atoms with Crippen LogP contribution in [0.15, 0.2) is 18.3 Å². The summed E-state index contributed by atoms with van der Waals surface area (Å²) in [5, 5.41) is 2.90. The summed E-state index contributed by atoms with van der Waals surface area (Å²) in [7, 11) is 0. The molecule has 2 amide bonds. The van der Waals surface area contributed by atoms with E-state index in [9.17, 15) is 9.59 Å². The van der Waals surface area contributed by atoms with Crippen molar-refractivity contribution in [1.29, 1.82) is 0 Å². The van der Waals surface area contributed by atoms with Crippen molar-refractivity contribution in [2.75, 3.05) is 31.1 Å². The van der Waals surface area contributed by atoms with Gasteiger partial charge in [-0.15, -0.1) is 0 Å². The fourth-order valence-electron chi connectivity index (χ4n) is 2.93. The quantitative estimate of drug-likeness (QED) is 0.759. The van der Waals surface area contributed by atoms with E-state index in [1.807, 2.05) is 16.7 Å². The van der Waals surface area contributed by atoms with Crippen LogP contribution in [0.3, 0.4) is 0 Å². The fraction of sp³-hybridized carbons (Fsp3) is 0.588. The van der Waals surface area contributed by atoms with Gasteiger partial charge in [0, 0.05) is 38.0 Å². The molecule has 0 aliphatic carbocycles. The van der Waals surface area contributed by atoms with E-state index in [-0.39, 0.29) is 17.9 Å². The first kappa shape index (κ1) is 17.1. The second-order valence-electron chi connectivity index (χ2n) is 6.05. The molecule has 1 aromatic rings. The Hall–Kier alpha value is -1.76. The molecule has 0 radical (unpaired) electrons. The van der Waals surface area contributed by atoms with E-state index >= 15 is 0 Å². The topological polar surface area (TPSA) is 71.5 Å². The first-order valence-electron chi connectivity index (χ1n) is 8.49. The predicted molar refractivity (Wildman–Crippen MR) is 93.4 cm³/mol. The number of carbonyl (C=O) groups excluding carboxylic acids is 2. The highest BCUT2D eigenvalue weighted by atomic mass is 32.2. The normalized spacial score (nSPS) is 20.4. The lowest BCUT2D eigenvalue weighted by Crippen LogP contribution is -2.31. The number of pyridine rings is 1. The van der Waals surface area contributed by atoms with Crippen LogP contribution in [0.25, 0.3) is 0 Å². The van der Waals surface area contributed by atoms with Crippen LogP contribution in [0.2, 0.25) is 0 Å². The van der Waals surface area contributed by atoms with Gasteiger partial charge in [-0.3, -0.25) is 9.59 Å². The average Bonchev–Trinajstić information content (AvgIpc) is 3.24. The molecule has 1 unspecified atom stereocenters. The molecular formula is C17H23N3O3S. The summed E-state index contributed by atoms with van der Waals surface area (Å²) in [5.74, 6) is 2.50. The monoisotopic (exact) mass is 349 g/mol. The first-order chi connectivity index (χ1) is 11.7. The van der Waals surface area contributed by atoms with Crippen molar-refractivity contribution < 1.29 is 14.3 Å². The van der Waals surface area contributed by atoms with Crippen molar-refractivity contribution in [3.63, 3.8) is 0 Å². The van der Waals surface area contributed by atoms with Crippen LogP contribution in [-0.2, 0) is 4.79 Å². The number of nitrogens with one attached hydrogen (secondary N) is 1. The second kappa shape index (κ2) is 8.37. The Morgan fingerprint density at radius 3 is 3.17 bits per heavy atom. The van der Waals surface area contributed by atoms with Gasteiger partial charge in [0.15, 0.2) is 0 Å². The zero-order chi connectivity index (χ0) is 16.8. The molecular weight excluding hydrogens is 326 g/mol. The lowest BCUT2D eigenvalue weighted by atomic mass is 10.2. The molecule has 6 nitrogen and oxygen atoms in total. The van der Waals surface area contributed by atoms with Gasteiger partial charge in [0.1, 0.15) is 11.7 Å². The second-order valence-corrected chi connectivity index (χ2v) is 7.20. The van der Waals surface area contributed by atoms with Gasteiger partial charge in [0.25, 0.3) is 5.91 Å². The van der Waals surface area contributed by atoms with Crippen LogP contribution in [0.4, 0.5) is 0 Å². The minimum atomic E-state index is -0.170. The van der Waals surface area contributed by atoms with Crippen molar-refractivity contribution in [2.24, 2.45) is 0 Å². The number of aromatic nitrogens is 1. The maximum absolute atomic E-state index is 12.4. The Bertz CT molecular complexity index is 590. The number of hydrogen-bond acceptors (Lipinski definition) is 5.